The van der Waals surface area contributed by atoms with E-state index in [0.29, 0.717) is 6.54 Å². The minimum absolute atomic E-state index is 0.207. The molecule has 1 aliphatic heterocycles. The third-order valence-electron chi connectivity index (χ3n) is 5.10. The summed E-state index contributed by atoms with van der Waals surface area (Å²) in [4.78, 5) is 23.6. The number of hydrogen-bond donors (Lipinski definition) is 2. The highest BCUT2D eigenvalue weighted by molar-refractivity contribution is 5.88. The van der Waals surface area contributed by atoms with E-state index >= 15 is 0 Å². The summed E-state index contributed by atoms with van der Waals surface area (Å²) in [6.45, 7) is 2.69. The zero-order valence-electron chi connectivity index (χ0n) is 15.1. The Bertz CT molecular complexity index is 1100. The van der Waals surface area contributed by atoms with Gasteiger partial charge in [-0.1, -0.05) is 6.92 Å². The van der Waals surface area contributed by atoms with Crippen LogP contribution in [0.25, 0.3) is 22.4 Å². The minimum Gasteiger partial charge on any atom is -0.496 e. The predicted molar refractivity (Wildman–Crippen MR) is 100 cm³/mol. The Labute approximate surface area is 155 Å². The molecule has 0 spiro atoms. The number of ether oxygens (including phenoxy) is 1. The van der Waals surface area contributed by atoms with Gasteiger partial charge in [0.1, 0.15) is 11.3 Å². The van der Waals surface area contributed by atoms with Gasteiger partial charge in [0.2, 0.25) is 0 Å². The Morgan fingerprint density at radius 2 is 2.19 bits per heavy atom. The SMILES string of the molecule is CCc1c2c(cc(-c3cn[nH]c3)c1OC)-c1cc(=O)c(C(=O)O)cn1CC2. The Kier molecular flexibility index (Phi) is 4.07. The molecule has 0 amide bonds. The average molecular weight is 365 g/mol. The maximum absolute atomic E-state index is 12.3. The van der Waals surface area contributed by atoms with Crippen LogP contribution in [-0.4, -0.2) is 33.0 Å². The molecule has 0 saturated heterocycles. The molecule has 27 heavy (non-hydrogen) atoms. The van der Waals surface area contributed by atoms with Gasteiger partial charge in [-0.15, -0.1) is 0 Å². The van der Waals surface area contributed by atoms with Crippen molar-refractivity contribution in [3.05, 3.63) is 57.6 Å². The number of carboxylic acids is 1. The fourth-order valence-corrected chi connectivity index (χ4v) is 3.88. The highest BCUT2D eigenvalue weighted by Crippen LogP contribution is 2.42. The number of aromatic amines is 1. The summed E-state index contributed by atoms with van der Waals surface area (Å²) in [6, 6.07) is 3.43. The molecule has 0 radical (unpaired) electrons. The first kappa shape index (κ1) is 17.1. The van der Waals surface area contributed by atoms with Crippen molar-refractivity contribution < 1.29 is 14.6 Å². The number of carbonyl (C=O) groups is 1. The van der Waals surface area contributed by atoms with E-state index in [-0.39, 0.29) is 5.56 Å². The Hall–Kier alpha value is -3.35. The molecule has 138 valence electrons. The highest BCUT2D eigenvalue weighted by atomic mass is 16.5. The van der Waals surface area contributed by atoms with Crippen LogP contribution in [-0.2, 0) is 19.4 Å². The van der Waals surface area contributed by atoms with Gasteiger partial charge >= 0.3 is 5.97 Å². The van der Waals surface area contributed by atoms with Crippen molar-refractivity contribution in [1.82, 2.24) is 14.8 Å². The number of H-pyrrole nitrogens is 1. The Balaban J connectivity index is 2.03. The van der Waals surface area contributed by atoms with Crippen molar-refractivity contribution in [3.8, 4) is 28.1 Å². The topological polar surface area (TPSA) is 97.2 Å². The lowest BCUT2D eigenvalue weighted by Crippen LogP contribution is -2.22. The number of aromatic nitrogens is 3. The van der Waals surface area contributed by atoms with Crippen molar-refractivity contribution >= 4 is 5.97 Å². The molecule has 0 fully saturated rings. The fraction of sp³-hybridized carbons (Fsp3) is 0.250. The number of hydrogen-bond acceptors (Lipinski definition) is 4. The van der Waals surface area contributed by atoms with Crippen LogP contribution in [0.2, 0.25) is 0 Å². The lowest BCUT2D eigenvalue weighted by Gasteiger charge is -2.27. The van der Waals surface area contributed by atoms with E-state index < -0.39 is 11.4 Å². The van der Waals surface area contributed by atoms with Crippen LogP contribution in [0.15, 0.2) is 35.5 Å². The van der Waals surface area contributed by atoms with Gasteiger partial charge in [-0.25, -0.2) is 4.79 Å². The predicted octanol–water partition coefficient (Wildman–Crippen LogP) is 2.73. The zero-order valence-corrected chi connectivity index (χ0v) is 15.1. The summed E-state index contributed by atoms with van der Waals surface area (Å²) in [5, 5.41) is 16.1. The number of aromatic carboxylic acids is 1. The molecular formula is C20H19N3O4. The Morgan fingerprint density at radius 1 is 1.37 bits per heavy atom. The molecule has 4 rings (SSSR count). The first-order valence-corrected chi connectivity index (χ1v) is 8.75. The van der Waals surface area contributed by atoms with Gasteiger partial charge < -0.3 is 14.4 Å². The summed E-state index contributed by atoms with van der Waals surface area (Å²) >= 11 is 0. The molecule has 3 aromatic rings. The fourth-order valence-electron chi connectivity index (χ4n) is 3.88. The number of rotatable bonds is 4. The summed E-state index contributed by atoms with van der Waals surface area (Å²) in [5.41, 5.74) is 5.01. The molecule has 2 N–H and O–H groups in total. The molecule has 0 saturated carbocycles. The van der Waals surface area contributed by atoms with Crippen LogP contribution in [0.1, 0.15) is 28.4 Å². The van der Waals surface area contributed by atoms with Gasteiger partial charge in [-0.2, -0.15) is 5.10 Å². The summed E-state index contributed by atoms with van der Waals surface area (Å²) in [7, 11) is 1.66. The second-order valence-electron chi connectivity index (χ2n) is 6.49. The third-order valence-corrected chi connectivity index (χ3v) is 5.10. The summed E-state index contributed by atoms with van der Waals surface area (Å²) in [6.07, 6.45) is 6.50. The van der Waals surface area contributed by atoms with Crippen LogP contribution in [0.4, 0.5) is 0 Å². The molecule has 2 aromatic heterocycles. The highest BCUT2D eigenvalue weighted by Gasteiger charge is 2.25. The number of carboxylic acid groups (broad SMARTS) is 1. The van der Waals surface area contributed by atoms with Gasteiger partial charge in [-0.3, -0.25) is 9.89 Å². The zero-order chi connectivity index (χ0) is 19.1. The molecule has 3 heterocycles. The standard InChI is InChI=1S/C20H19N3O4/c1-3-12-13-4-5-23-10-16(20(25)26)18(24)7-17(23)15(13)6-14(19(12)27-2)11-8-21-22-9-11/h6-10H,3-5H2,1-2H3,(H,21,22)(H,25,26). The second-order valence-corrected chi connectivity index (χ2v) is 6.49. The van der Waals surface area contributed by atoms with Crippen LogP contribution in [0.5, 0.6) is 5.75 Å². The van der Waals surface area contributed by atoms with E-state index in [2.05, 4.69) is 17.1 Å². The van der Waals surface area contributed by atoms with E-state index in [0.717, 1.165) is 52.1 Å². The monoisotopic (exact) mass is 365 g/mol. The van der Waals surface area contributed by atoms with Crippen molar-refractivity contribution in [2.45, 2.75) is 26.3 Å². The van der Waals surface area contributed by atoms with Crippen molar-refractivity contribution in [3.63, 3.8) is 0 Å². The number of pyridine rings is 1. The van der Waals surface area contributed by atoms with Gasteiger partial charge in [0.15, 0.2) is 5.43 Å². The first-order valence-electron chi connectivity index (χ1n) is 8.75. The maximum atomic E-state index is 12.3. The van der Waals surface area contributed by atoms with E-state index in [9.17, 15) is 14.7 Å². The van der Waals surface area contributed by atoms with Crippen molar-refractivity contribution in [2.75, 3.05) is 7.11 Å². The van der Waals surface area contributed by atoms with Gasteiger partial charge in [0.05, 0.1) is 19.0 Å². The molecule has 1 aromatic carbocycles. The van der Waals surface area contributed by atoms with Crippen LogP contribution < -0.4 is 10.2 Å². The molecule has 0 bridgehead atoms. The number of aryl methyl sites for hydroxylation is 1. The van der Waals surface area contributed by atoms with Crippen molar-refractivity contribution in [1.29, 1.82) is 0 Å². The van der Waals surface area contributed by atoms with Crippen LogP contribution in [0.3, 0.4) is 0 Å². The van der Waals surface area contributed by atoms with Crippen LogP contribution >= 0.6 is 0 Å². The largest absolute Gasteiger partial charge is 0.496 e. The second kappa shape index (κ2) is 6.42. The Morgan fingerprint density at radius 3 is 2.81 bits per heavy atom. The number of benzene rings is 1. The lowest BCUT2D eigenvalue weighted by atomic mass is 9.87. The summed E-state index contributed by atoms with van der Waals surface area (Å²) in [5.74, 6) is -0.389. The number of nitrogens with zero attached hydrogens (tertiary/aromatic N) is 2. The number of fused-ring (bicyclic) bond motifs is 3. The molecule has 0 atom stereocenters. The normalized spacial score (nSPS) is 12.4. The van der Waals surface area contributed by atoms with E-state index in [1.807, 2.05) is 10.6 Å². The molecule has 7 nitrogen and oxygen atoms in total. The molecule has 7 heteroatoms. The molecule has 0 aliphatic carbocycles. The molecule has 1 aliphatic rings. The van der Waals surface area contributed by atoms with Crippen molar-refractivity contribution in [2.24, 2.45) is 0 Å². The maximum Gasteiger partial charge on any atom is 0.341 e. The summed E-state index contributed by atoms with van der Waals surface area (Å²) < 4.78 is 7.58. The smallest absolute Gasteiger partial charge is 0.341 e. The quantitative estimate of drug-likeness (QED) is 0.741. The minimum atomic E-state index is -1.20. The molecular weight excluding hydrogens is 346 g/mol. The average Bonchev–Trinajstić information content (AvgIpc) is 3.20. The van der Waals surface area contributed by atoms with E-state index in [4.69, 9.17) is 4.74 Å². The van der Waals surface area contributed by atoms with Gasteiger partial charge in [0, 0.05) is 41.7 Å². The number of nitrogens with one attached hydrogen (secondary N) is 1. The third kappa shape index (κ3) is 2.63. The molecule has 0 unspecified atom stereocenters. The van der Waals surface area contributed by atoms with Gasteiger partial charge in [0.25, 0.3) is 0 Å². The van der Waals surface area contributed by atoms with Gasteiger partial charge in [-0.05, 0) is 30.0 Å². The van der Waals surface area contributed by atoms with Crippen LogP contribution in [0, 0.1) is 0 Å². The number of methoxy groups -OCH3 is 1. The van der Waals surface area contributed by atoms with E-state index in [1.165, 1.54) is 12.3 Å². The lowest BCUT2D eigenvalue weighted by molar-refractivity contribution is 0.0694. The van der Waals surface area contributed by atoms with E-state index in [1.54, 1.807) is 19.5 Å². The first-order chi connectivity index (χ1) is 13.0.